The van der Waals surface area contributed by atoms with Gasteiger partial charge in [0.1, 0.15) is 17.0 Å². The van der Waals surface area contributed by atoms with Crippen molar-refractivity contribution in [3.8, 4) is 17.2 Å². The minimum Gasteiger partial charge on any atom is -0.496 e. The fourth-order valence-electron chi connectivity index (χ4n) is 2.37. The van der Waals surface area contributed by atoms with E-state index < -0.39 is 5.91 Å². The molecular weight excluding hydrogens is 384 g/mol. The normalized spacial score (nSPS) is 10.5. The van der Waals surface area contributed by atoms with Gasteiger partial charge >= 0.3 is 0 Å². The van der Waals surface area contributed by atoms with E-state index in [4.69, 9.17) is 14.2 Å². The van der Waals surface area contributed by atoms with Crippen molar-refractivity contribution in [1.82, 2.24) is 15.2 Å². The number of anilines is 1. The molecule has 0 bridgehead atoms. The van der Waals surface area contributed by atoms with Gasteiger partial charge in [0, 0.05) is 18.5 Å². The molecule has 0 spiro atoms. The Morgan fingerprint density at radius 2 is 1.75 bits per heavy atom. The van der Waals surface area contributed by atoms with E-state index in [0.29, 0.717) is 18.0 Å². The molecule has 0 aliphatic heterocycles. The van der Waals surface area contributed by atoms with Gasteiger partial charge in [-0.3, -0.25) is 14.9 Å². The van der Waals surface area contributed by atoms with E-state index in [2.05, 4.69) is 15.6 Å². The number of thiazole rings is 1. The quantitative estimate of drug-likeness (QED) is 0.651. The number of nitrogens with zero attached hydrogens (tertiary/aromatic N) is 2. The van der Waals surface area contributed by atoms with Crippen LogP contribution in [0.5, 0.6) is 17.2 Å². The first-order chi connectivity index (χ1) is 13.4. The third kappa shape index (κ3) is 5.11. The van der Waals surface area contributed by atoms with Crippen molar-refractivity contribution in [2.45, 2.75) is 0 Å². The minimum atomic E-state index is -0.485. The second-order valence-electron chi connectivity index (χ2n) is 5.93. The Morgan fingerprint density at radius 3 is 2.36 bits per heavy atom. The van der Waals surface area contributed by atoms with Gasteiger partial charge in [0.15, 0.2) is 16.6 Å². The van der Waals surface area contributed by atoms with Gasteiger partial charge < -0.3 is 24.4 Å². The number of hydrogen-bond acceptors (Lipinski definition) is 8. The molecule has 28 heavy (non-hydrogen) atoms. The molecule has 2 amide bonds. The lowest BCUT2D eigenvalue weighted by Crippen LogP contribution is -2.31. The molecule has 2 aromatic rings. The summed E-state index contributed by atoms with van der Waals surface area (Å²) in [6.45, 7) is 1.22. The van der Waals surface area contributed by atoms with E-state index >= 15 is 0 Å². The molecule has 0 aliphatic rings. The topological polar surface area (TPSA) is 102 Å². The molecule has 9 nitrogen and oxygen atoms in total. The fraction of sp³-hybridized carbons (Fsp3) is 0.389. The Morgan fingerprint density at radius 1 is 1.07 bits per heavy atom. The highest BCUT2D eigenvalue weighted by Gasteiger charge is 2.23. The minimum absolute atomic E-state index is 0.177. The highest BCUT2D eigenvalue weighted by molar-refractivity contribution is 7.14. The van der Waals surface area contributed by atoms with Crippen molar-refractivity contribution in [2.75, 3.05) is 53.8 Å². The fourth-order valence-corrected chi connectivity index (χ4v) is 3.06. The van der Waals surface area contributed by atoms with Gasteiger partial charge in [-0.25, -0.2) is 4.98 Å². The van der Waals surface area contributed by atoms with Crippen LogP contribution in [-0.2, 0) is 0 Å². The molecule has 1 heterocycles. The SMILES string of the molecule is COc1ccc(OC)c(C(=O)Nc2nc(C(=O)NCCN(C)C)cs2)c1OC. The Bertz CT molecular complexity index is 837. The predicted molar refractivity (Wildman–Crippen MR) is 107 cm³/mol. The molecule has 0 fully saturated rings. The van der Waals surface area contributed by atoms with Gasteiger partial charge in [-0.15, -0.1) is 11.3 Å². The number of methoxy groups -OCH3 is 3. The molecule has 0 saturated heterocycles. The van der Waals surface area contributed by atoms with Crippen LogP contribution in [0.4, 0.5) is 5.13 Å². The monoisotopic (exact) mass is 408 g/mol. The zero-order chi connectivity index (χ0) is 20.7. The summed E-state index contributed by atoms with van der Waals surface area (Å²) in [5.41, 5.74) is 0.417. The molecule has 1 aromatic carbocycles. The number of hydrogen-bond donors (Lipinski definition) is 2. The average Bonchev–Trinajstić information content (AvgIpc) is 3.14. The Balaban J connectivity index is 2.16. The number of amides is 2. The maximum absolute atomic E-state index is 12.8. The summed E-state index contributed by atoms with van der Waals surface area (Å²) in [5, 5.41) is 7.32. The van der Waals surface area contributed by atoms with Crippen molar-refractivity contribution in [3.63, 3.8) is 0 Å². The summed E-state index contributed by atoms with van der Waals surface area (Å²) in [6, 6.07) is 3.26. The van der Waals surface area contributed by atoms with Crippen molar-refractivity contribution < 1.29 is 23.8 Å². The first-order valence-electron chi connectivity index (χ1n) is 8.40. The van der Waals surface area contributed by atoms with Gasteiger partial charge in [-0.1, -0.05) is 0 Å². The standard InChI is InChI=1S/C18H24N4O5S/c1-22(2)9-8-19-16(23)11-10-28-18(20-11)21-17(24)14-12(25-3)6-7-13(26-4)15(14)27-5/h6-7,10H,8-9H2,1-5H3,(H,19,23)(H,20,21,24). The van der Waals surface area contributed by atoms with Gasteiger partial charge in [-0.2, -0.15) is 0 Å². The first kappa shape index (κ1) is 21.5. The van der Waals surface area contributed by atoms with Crippen LogP contribution in [-0.4, -0.2) is 70.2 Å². The lowest BCUT2D eigenvalue weighted by Gasteiger charge is -2.15. The van der Waals surface area contributed by atoms with Gasteiger partial charge in [0.25, 0.3) is 11.8 Å². The van der Waals surface area contributed by atoms with Crippen molar-refractivity contribution >= 4 is 28.3 Å². The first-order valence-corrected chi connectivity index (χ1v) is 9.28. The average molecular weight is 408 g/mol. The van der Waals surface area contributed by atoms with Crippen LogP contribution < -0.4 is 24.8 Å². The van der Waals surface area contributed by atoms with Crippen molar-refractivity contribution in [3.05, 3.63) is 28.8 Å². The van der Waals surface area contributed by atoms with E-state index in [0.717, 1.165) is 17.9 Å². The lowest BCUT2D eigenvalue weighted by atomic mass is 10.1. The summed E-state index contributed by atoms with van der Waals surface area (Å²) in [5.74, 6) is 0.191. The summed E-state index contributed by atoms with van der Waals surface area (Å²) in [7, 11) is 8.22. The highest BCUT2D eigenvalue weighted by atomic mass is 32.1. The number of ether oxygens (including phenoxy) is 3. The van der Waals surface area contributed by atoms with Crippen LogP contribution in [0.2, 0.25) is 0 Å². The Kier molecular flexibility index (Phi) is 7.59. The lowest BCUT2D eigenvalue weighted by molar-refractivity contribution is 0.0945. The Labute approximate surface area is 167 Å². The number of carbonyl (C=O) groups excluding carboxylic acids is 2. The molecule has 152 valence electrons. The second kappa shape index (κ2) is 9.90. The van der Waals surface area contributed by atoms with Crippen LogP contribution >= 0.6 is 11.3 Å². The highest BCUT2D eigenvalue weighted by Crippen LogP contribution is 2.37. The smallest absolute Gasteiger partial charge is 0.270 e. The predicted octanol–water partition coefficient (Wildman–Crippen LogP) is 1.71. The van der Waals surface area contributed by atoms with E-state index in [-0.39, 0.29) is 28.0 Å². The summed E-state index contributed by atoms with van der Waals surface area (Å²) >= 11 is 1.15. The zero-order valence-corrected chi connectivity index (χ0v) is 17.3. The number of nitrogens with one attached hydrogen (secondary N) is 2. The molecule has 0 saturated carbocycles. The zero-order valence-electron chi connectivity index (χ0n) is 16.5. The molecule has 0 atom stereocenters. The molecule has 2 N–H and O–H groups in total. The van der Waals surface area contributed by atoms with E-state index in [9.17, 15) is 9.59 Å². The molecule has 0 unspecified atom stereocenters. The second-order valence-corrected chi connectivity index (χ2v) is 6.79. The third-order valence-electron chi connectivity index (χ3n) is 3.76. The van der Waals surface area contributed by atoms with Crippen LogP contribution in [0.1, 0.15) is 20.8 Å². The molecule has 10 heteroatoms. The van der Waals surface area contributed by atoms with Crippen LogP contribution in [0, 0.1) is 0 Å². The summed E-state index contributed by atoms with van der Waals surface area (Å²) in [4.78, 5) is 31.1. The number of likely N-dealkylation sites (N-methyl/N-ethyl adjacent to an activating group) is 1. The number of aromatic nitrogens is 1. The number of carbonyl (C=O) groups is 2. The van der Waals surface area contributed by atoms with E-state index in [1.165, 1.54) is 21.3 Å². The number of rotatable bonds is 9. The van der Waals surface area contributed by atoms with Crippen molar-refractivity contribution in [1.29, 1.82) is 0 Å². The van der Waals surface area contributed by atoms with Gasteiger partial charge in [-0.05, 0) is 26.2 Å². The molecular formula is C18H24N4O5S. The summed E-state index contributed by atoms with van der Waals surface area (Å²) < 4.78 is 15.8. The maximum Gasteiger partial charge on any atom is 0.270 e. The largest absolute Gasteiger partial charge is 0.496 e. The maximum atomic E-state index is 12.8. The number of benzene rings is 1. The molecule has 0 radical (unpaired) electrons. The van der Waals surface area contributed by atoms with E-state index in [1.807, 2.05) is 19.0 Å². The molecule has 1 aromatic heterocycles. The third-order valence-corrected chi connectivity index (χ3v) is 4.51. The van der Waals surface area contributed by atoms with Crippen LogP contribution in [0.25, 0.3) is 0 Å². The Hall–Kier alpha value is -2.85. The molecule has 0 aliphatic carbocycles. The van der Waals surface area contributed by atoms with Gasteiger partial charge in [0.05, 0.1) is 21.3 Å². The molecule has 2 rings (SSSR count). The van der Waals surface area contributed by atoms with Crippen molar-refractivity contribution in [2.24, 2.45) is 0 Å². The summed E-state index contributed by atoms with van der Waals surface area (Å²) in [6.07, 6.45) is 0. The van der Waals surface area contributed by atoms with Crippen LogP contribution in [0.3, 0.4) is 0 Å². The van der Waals surface area contributed by atoms with E-state index in [1.54, 1.807) is 17.5 Å². The van der Waals surface area contributed by atoms with Gasteiger partial charge in [0.2, 0.25) is 0 Å². The van der Waals surface area contributed by atoms with Crippen LogP contribution in [0.15, 0.2) is 17.5 Å².